The Kier molecular flexibility index (Phi) is 10.8. The molecule has 0 unspecified atom stereocenters. The van der Waals surface area contributed by atoms with Crippen molar-refractivity contribution in [3.63, 3.8) is 0 Å². The maximum Gasteiger partial charge on any atom is 0.187 e. The fraction of sp³-hybridized carbons (Fsp3) is 0. The summed E-state index contributed by atoms with van der Waals surface area (Å²) in [6, 6.07) is 77.2. The lowest BCUT2D eigenvalue weighted by molar-refractivity contribution is 1.06. The topological polar surface area (TPSA) is 78.1 Å². The van der Waals surface area contributed by atoms with E-state index in [1.807, 2.05) is 164 Å². The van der Waals surface area contributed by atoms with Crippen LogP contribution in [0.25, 0.3) is 128 Å². The summed E-state index contributed by atoms with van der Waals surface area (Å²) in [7, 11) is 0. The van der Waals surface area contributed by atoms with Gasteiger partial charge >= 0.3 is 0 Å². The molecule has 330 valence electrons. The minimum absolute atomic E-state index is 0.479. The third-order valence-electron chi connectivity index (χ3n) is 12.7. The molecule has 12 aromatic rings. The van der Waals surface area contributed by atoms with Crippen LogP contribution in [0.2, 0.25) is 0 Å². The van der Waals surface area contributed by atoms with Crippen molar-refractivity contribution in [3.05, 3.63) is 253 Å². The van der Waals surface area contributed by atoms with Crippen molar-refractivity contribution in [2.45, 2.75) is 0 Å². The fourth-order valence-electron chi connectivity index (χ4n) is 9.21. The molecule has 0 fully saturated rings. The first-order valence-corrected chi connectivity index (χ1v) is 23.1. The van der Waals surface area contributed by atoms with E-state index in [0.29, 0.717) is 34.7 Å². The molecule has 0 aliphatic carbocycles. The first-order chi connectivity index (χ1) is 35.1. The summed E-state index contributed by atoms with van der Waals surface area (Å²) in [5.74, 6) is 2.16. The predicted octanol–water partition coefficient (Wildman–Crippen LogP) is 16.2. The van der Waals surface area contributed by atoms with E-state index in [1.165, 1.54) is 0 Å². The van der Waals surface area contributed by atoms with E-state index in [9.17, 15) is 0 Å². The average molecular weight is 907 g/mol. The summed E-state index contributed by atoms with van der Waals surface area (Å²) in [4.78, 5) is 33.6. The number of hydrogen-bond acceptors (Lipinski definition) is 5. The lowest BCUT2D eigenvalue weighted by atomic mass is 10.0. The summed E-state index contributed by atoms with van der Waals surface area (Å²) >= 11 is 0. The molecule has 3 heterocycles. The van der Waals surface area contributed by atoms with E-state index < -0.39 is 0 Å². The van der Waals surface area contributed by atoms with Gasteiger partial charge in [0, 0.05) is 44.2 Å². The summed E-state index contributed by atoms with van der Waals surface area (Å²) in [6.45, 7) is 15.6. The summed E-state index contributed by atoms with van der Waals surface area (Å²) in [6.07, 6.45) is 0. The van der Waals surface area contributed by atoms with Crippen molar-refractivity contribution < 1.29 is 0 Å². The van der Waals surface area contributed by atoms with Gasteiger partial charge in [0.15, 0.2) is 34.7 Å². The Labute approximate surface area is 410 Å². The van der Waals surface area contributed by atoms with Gasteiger partial charge < -0.3 is 4.57 Å². The van der Waals surface area contributed by atoms with Crippen molar-refractivity contribution in [1.82, 2.24) is 29.5 Å². The normalized spacial score (nSPS) is 11.1. The Balaban J connectivity index is 1.18. The Morgan fingerprint density at radius 1 is 0.296 bits per heavy atom. The number of hydrogen-bond donors (Lipinski definition) is 0. The quantitative estimate of drug-likeness (QED) is 0.135. The van der Waals surface area contributed by atoms with Crippen LogP contribution in [0.15, 0.2) is 231 Å². The molecule has 0 aliphatic rings. The maximum atomic E-state index is 7.79. The fourth-order valence-corrected chi connectivity index (χ4v) is 9.21. The first kappa shape index (κ1) is 42.2. The summed E-state index contributed by atoms with van der Waals surface area (Å²) in [5.41, 5.74) is 14.4. The highest BCUT2D eigenvalue weighted by atomic mass is 15.1. The van der Waals surface area contributed by atoms with Crippen LogP contribution in [0.3, 0.4) is 0 Å². The van der Waals surface area contributed by atoms with E-state index >= 15 is 0 Å². The van der Waals surface area contributed by atoms with Crippen molar-refractivity contribution in [2.24, 2.45) is 0 Å². The van der Waals surface area contributed by atoms with E-state index in [2.05, 4.69) is 81.0 Å². The van der Waals surface area contributed by atoms with Gasteiger partial charge in [-0.15, -0.1) is 0 Å². The van der Waals surface area contributed by atoms with Crippen LogP contribution in [0.5, 0.6) is 0 Å². The molecule has 71 heavy (non-hydrogen) atoms. The summed E-state index contributed by atoms with van der Waals surface area (Å²) in [5, 5.41) is 2.09. The van der Waals surface area contributed by atoms with Crippen molar-refractivity contribution in [2.75, 3.05) is 0 Å². The zero-order chi connectivity index (χ0) is 47.7. The molecule has 0 spiro atoms. The number of fused-ring (bicyclic) bond motifs is 3. The van der Waals surface area contributed by atoms with Crippen molar-refractivity contribution in [3.8, 4) is 96.0 Å². The van der Waals surface area contributed by atoms with E-state index in [1.54, 1.807) is 0 Å². The van der Waals surface area contributed by atoms with Crippen molar-refractivity contribution in [1.29, 1.82) is 0 Å². The zero-order valence-corrected chi connectivity index (χ0v) is 38.0. The van der Waals surface area contributed by atoms with Crippen LogP contribution >= 0.6 is 0 Å². The second-order valence-electron chi connectivity index (χ2n) is 17.1. The smallest absolute Gasteiger partial charge is 0.187 e. The van der Waals surface area contributed by atoms with E-state index in [-0.39, 0.29) is 0 Å². The van der Waals surface area contributed by atoms with Gasteiger partial charge in [0.05, 0.1) is 41.3 Å². The maximum absolute atomic E-state index is 7.79. The molecule has 12 rings (SSSR count). The molecule has 0 aliphatic heterocycles. The van der Waals surface area contributed by atoms with E-state index in [0.717, 1.165) is 94.5 Å². The number of rotatable bonds is 9. The third kappa shape index (κ3) is 8.14. The summed E-state index contributed by atoms with van der Waals surface area (Å²) < 4.78 is 2.30. The van der Waals surface area contributed by atoms with Crippen LogP contribution in [0, 0.1) is 13.1 Å². The highest BCUT2D eigenvalue weighted by Crippen LogP contribution is 2.42. The minimum atomic E-state index is 0.479. The number of nitrogens with zero attached hydrogens (tertiary/aromatic N) is 8. The lowest BCUT2D eigenvalue weighted by Gasteiger charge is -2.17. The molecular formula is C63H38N8. The van der Waals surface area contributed by atoms with Gasteiger partial charge in [-0.05, 0) is 64.7 Å². The van der Waals surface area contributed by atoms with Gasteiger partial charge in [-0.1, -0.05) is 188 Å². The molecule has 3 aromatic heterocycles. The number of aromatic nitrogens is 6. The van der Waals surface area contributed by atoms with Crippen molar-refractivity contribution >= 4 is 33.2 Å². The predicted molar refractivity (Wildman–Crippen MR) is 286 cm³/mol. The minimum Gasteiger partial charge on any atom is -0.308 e. The highest BCUT2D eigenvalue weighted by Gasteiger charge is 2.23. The molecule has 0 saturated heterocycles. The highest BCUT2D eigenvalue weighted by molar-refractivity contribution is 6.12. The first-order valence-electron chi connectivity index (χ1n) is 23.1. The Morgan fingerprint density at radius 3 is 1.17 bits per heavy atom. The molecular weight excluding hydrogens is 869 g/mol. The monoisotopic (exact) mass is 906 g/mol. The molecule has 0 bridgehead atoms. The van der Waals surface area contributed by atoms with Crippen LogP contribution < -0.4 is 0 Å². The largest absolute Gasteiger partial charge is 0.308 e. The molecule has 0 saturated carbocycles. The standard InChI is InChI=1S/C63H38N8/c1-64-50-27-15-25-45(35-50)47-29-32-52-53-33-30-48(46-26-16-28-51(36-46)65-2)39-59(53)71(58(52)38-47)57-34-31-49(56-40-55(41-17-7-3-8-18-41)66-60(67-56)42-19-9-4-10-20-42)37-54(57)63-69-61(43-21-11-5-12-22-43)68-62(70-63)44-23-13-6-14-24-44/h3-40H. The second kappa shape index (κ2) is 18.2. The van der Waals surface area contributed by atoms with Gasteiger partial charge in [-0.25, -0.2) is 34.6 Å². The van der Waals surface area contributed by atoms with Crippen LogP contribution in [-0.4, -0.2) is 29.5 Å². The van der Waals surface area contributed by atoms with Gasteiger partial charge in [-0.3, -0.25) is 0 Å². The average Bonchev–Trinajstić information content (AvgIpc) is 3.78. The SMILES string of the molecule is [C-]#[N+]c1cccc(-c2ccc3c4ccc(-c5cccc([N+]#[C-])c5)cc4n(-c4ccc(-c5cc(-c6ccccc6)nc(-c6ccccc6)n5)cc4-c4nc(-c5ccccc5)nc(-c5ccccc5)n4)c3c2)c1. The van der Waals surface area contributed by atoms with Crippen LogP contribution in [0.1, 0.15) is 0 Å². The molecule has 8 nitrogen and oxygen atoms in total. The van der Waals surface area contributed by atoms with Crippen LogP contribution in [0.4, 0.5) is 11.4 Å². The lowest BCUT2D eigenvalue weighted by Crippen LogP contribution is -2.04. The van der Waals surface area contributed by atoms with Crippen LogP contribution in [-0.2, 0) is 0 Å². The molecule has 8 heteroatoms. The van der Waals surface area contributed by atoms with Gasteiger partial charge in [0.25, 0.3) is 0 Å². The molecule has 9 aromatic carbocycles. The molecule has 0 atom stereocenters. The molecule has 0 radical (unpaired) electrons. The third-order valence-corrected chi connectivity index (χ3v) is 12.7. The van der Waals surface area contributed by atoms with Gasteiger partial charge in [0.2, 0.25) is 0 Å². The second-order valence-corrected chi connectivity index (χ2v) is 17.1. The molecule has 0 amide bonds. The zero-order valence-electron chi connectivity index (χ0n) is 38.0. The Hall–Kier alpha value is -10.2. The van der Waals surface area contributed by atoms with Gasteiger partial charge in [-0.2, -0.15) is 0 Å². The molecule has 0 N–H and O–H groups in total. The van der Waals surface area contributed by atoms with Gasteiger partial charge in [0.1, 0.15) is 0 Å². The Morgan fingerprint density at radius 2 is 0.690 bits per heavy atom. The Bertz CT molecular complexity index is 3830. The van der Waals surface area contributed by atoms with E-state index in [4.69, 9.17) is 38.1 Å². The number of benzene rings is 9.